The molecule has 0 radical (unpaired) electrons. The van der Waals surface area contributed by atoms with Gasteiger partial charge in [-0.15, -0.1) is 24.0 Å². The Kier molecular flexibility index (Phi) is 6.61. The van der Waals surface area contributed by atoms with Gasteiger partial charge in [-0.05, 0) is 43.2 Å². The first-order chi connectivity index (χ1) is 9.54. The minimum atomic E-state index is -0.268. The highest BCUT2D eigenvalue weighted by Crippen LogP contribution is 2.13. The van der Waals surface area contributed by atoms with Crippen molar-refractivity contribution in [2.24, 2.45) is 10.7 Å². The Hall–Kier alpha value is -1.63. The van der Waals surface area contributed by atoms with E-state index in [-0.39, 0.29) is 42.3 Å². The molecule has 2 aromatic carbocycles. The largest absolute Gasteiger partial charge is 0.370 e. The number of nitrogens with zero attached hydrogens (tertiary/aromatic N) is 1. The molecule has 0 amide bonds. The van der Waals surface area contributed by atoms with Gasteiger partial charge in [0, 0.05) is 11.3 Å². The van der Waals surface area contributed by atoms with Gasteiger partial charge in [0.1, 0.15) is 5.82 Å². The zero-order valence-electron chi connectivity index (χ0n) is 12.1. The third-order valence-electron chi connectivity index (χ3n) is 2.87. The van der Waals surface area contributed by atoms with Crippen molar-refractivity contribution in [3.8, 4) is 0 Å². The lowest BCUT2D eigenvalue weighted by Crippen LogP contribution is -2.22. The third kappa shape index (κ3) is 5.34. The van der Waals surface area contributed by atoms with Gasteiger partial charge in [-0.2, -0.15) is 0 Å². The van der Waals surface area contributed by atoms with Crippen LogP contribution in [0, 0.1) is 19.7 Å². The summed E-state index contributed by atoms with van der Waals surface area (Å²) in [5, 5.41) is 3.02. The number of benzene rings is 2. The van der Waals surface area contributed by atoms with Gasteiger partial charge in [0.15, 0.2) is 5.96 Å². The summed E-state index contributed by atoms with van der Waals surface area (Å²) in [5.41, 5.74) is 9.53. The fourth-order valence-electron chi connectivity index (χ4n) is 2.03. The monoisotopic (exact) mass is 399 g/mol. The second kappa shape index (κ2) is 7.97. The molecular formula is C16H19FIN3. The first-order valence-corrected chi connectivity index (χ1v) is 6.43. The van der Waals surface area contributed by atoms with E-state index < -0.39 is 0 Å². The number of guanidine groups is 1. The molecule has 0 aromatic heterocycles. The molecule has 112 valence electrons. The van der Waals surface area contributed by atoms with E-state index >= 15 is 0 Å². The fraction of sp³-hybridized carbons (Fsp3) is 0.188. The fourth-order valence-corrected chi connectivity index (χ4v) is 2.03. The molecule has 0 aliphatic rings. The highest BCUT2D eigenvalue weighted by atomic mass is 127. The lowest BCUT2D eigenvalue weighted by atomic mass is 10.1. The highest BCUT2D eigenvalue weighted by molar-refractivity contribution is 14.0. The highest BCUT2D eigenvalue weighted by Gasteiger charge is 2.01. The molecule has 0 heterocycles. The van der Waals surface area contributed by atoms with Crippen LogP contribution in [0.15, 0.2) is 47.5 Å². The van der Waals surface area contributed by atoms with Crippen molar-refractivity contribution in [3.05, 3.63) is 65.0 Å². The van der Waals surface area contributed by atoms with Gasteiger partial charge in [-0.3, -0.25) is 0 Å². The van der Waals surface area contributed by atoms with Crippen LogP contribution in [0.5, 0.6) is 0 Å². The SMILES string of the molecule is Cc1cc(C)cc(NC(N)=NCc2ccccc2F)c1.I. The summed E-state index contributed by atoms with van der Waals surface area (Å²) in [5.74, 6) is 0.00806. The van der Waals surface area contributed by atoms with Crippen LogP contribution in [-0.4, -0.2) is 5.96 Å². The molecule has 0 spiro atoms. The van der Waals surface area contributed by atoms with Crippen LogP contribution in [0.2, 0.25) is 0 Å². The first kappa shape index (κ1) is 17.4. The predicted octanol–water partition coefficient (Wildman–Crippen LogP) is 3.99. The van der Waals surface area contributed by atoms with E-state index in [2.05, 4.69) is 16.4 Å². The van der Waals surface area contributed by atoms with Crippen LogP contribution >= 0.6 is 24.0 Å². The maximum Gasteiger partial charge on any atom is 0.193 e. The number of nitrogens with one attached hydrogen (secondary N) is 1. The number of aryl methyl sites for hydroxylation is 2. The molecule has 2 rings (SSSR count). The topological polar surface area (TPSA) is 50.4 Å². The van der Waals surface area contributed by atoms with Gasteiger partial charge < -0.3 is 11.1 Å². The van der Waals surface area contributed by atoms with Crippen LogP contribution in [0.4, 0.5) is 10.1 Å². The van der Waals surface area contributed by atoms with Crippen LogP contribution < -0.4 is 11.1 Å². The molecule has 0 aliphatic carbocycles. The summed E-state index contributed by atoms with van der Waals surface area (Å²) in [6.07, 6.45) is 0. The lowest BCUT2D eigenvalue weighted by molar-refractivity contribution is 0.611. The molecule has 0 aliphatic heterocycles. The Morgan fingerprint density at radius 2 is 1.76 bits per heavy atom. The summed E-state index contributed by atoms with van der Waals surface area (Å²) < 4.78 is 13.4. The summed E-state index contributed by atoms with van der Waals surface area (Å²) >= 11 is 0. The predicted molar refractivity (Wildman–Crippen MR) is 96.7 cm³/mol. The van der Waals surface area contributed by atoms with Crippen molar-refractivity contribution in [3.63, 3.8) is 0 Å². The molecular weight excluding hydrogens is 380 g/mol. The number of hydrogen-bond donors (Lipinski definition) is 2. The molecule has 3 N–H and O–H groups in total. The Balaban J connectivity index is 0.00000220. The van der Waals surface area contributed by atoms with Crippen LogP contribution in [0.1, 0.15) is 16.7 Å². The van der Waals surface area contributed by atoms with Crippen molar-refractivity contribution < 1.29 is 4.39 Å². The van der Waals surface area contributed by atoms with E-state index in [4.69, 9.17) is 5.73 Å². The smallest absolute Gasteiger partial charge is 0.193 e. The van der Waals surface area contributed by atoms with Crippen molar-refractivity contribution in [2.75, 3.05) is 5.32 Å². The molecule has 0 saturated heterocycles. The zero-order chi connectivity index (χ0) is 14.5. The van der Waals surface area contributed by atoms with Crippen molar-refractivity contribution >= 4 is 35.6 Å². The van der Waals surface area contributed by atoms with E-state index in [0.29, 0.717) is 5.56 Å². The number of rotatable bonds is 3. The molecule has 0 unspecified atom stereocenters. The van der Waals surface area contributed by atoms with Gasteiger partial charge in [0.05, 0.1) is 6.54 Å². The standard InChI is InChI=1S/C16H18FN3.HI/c1-11-7-12(2)9-14(8-11)20-16(18)19-10-13-5-3-4-6-15(13)17;/h3-9H,10H2,1-2H3,(H3,18,19,20);1H. The molecule has 0 bridgehead atoms. The Bertz CT molecular complexity index is 621. The van der Waals surface area contributed by atoms with Gasteiger partial charge in [0.25, 0.3) is 0 Å². The molecule has 5 heteroatoms. The molecule has 0 saturated carbocycles. The van der Waals surface area contributed by atoms with Crippen molar-refractivity contribution in [2.45, 2.75) is 20.4 Å². The van der Waals surface area contributed by atoms with Gasteiger partial charge in [-0.25, -0.2) is 9.38 Å². The van der Waals surface area contributed by atoms with E-state index in [1.165, 1.54) is 6.07 Å². The summed E-state index contributed by atoms with van der Waals surface area (Å²) in [6, 6.07) is 12.6. The first-order valence-electron chi connectivity index (χ1n) is 6.43. The molecule has 0 atom stereocenters. The van der Waals surface area contributed by atoms with Crippen LogP contribution in [0.3, 0.4) is 0 Å². The summed E-state index contributed by atoms with van der Waals surface area (Å²) in [4.78, 5) is 4.15. The third-order valence-corrected chi connectivity index (χ3v) is 2.87. The Morgan fingerprint density at radius 1 is 1.14 bits per heavy atom. The Labute approximate surface area is 141 Å². The number of nitrogens with two attached hydrogens (primary N) is 1. The van der Waals surface area contributed by atoms with Gasteiger partial charge >= 0.3 is 0 Å². The average molecular weight is 399 g/mol. The van der Waals surface area contributed by atoms with Crippen molar-refractivity contribution in [1.82, 2.24) is 0 Å². The molecule has 21 heavy (non-hydrogen) atoms. The van der Waals surface area contributed by atoms with Crippen LogP contribution in [-0.2, 0) is 6.54 Å². The second-order valence-electron chi connectivity index (χ2n) is 4.79. The van der Waals surface area contributed by atoms with E-state index in [1.54, 1.807) is 18.2 Å². The van der Waals surface area contributed by atoms with E-state index in [0.717, 1.165) is 16.8 Å². The molecule has 3 nitrogen and oxygen atoms in total. The van der Waals surface area contributed by atoms with Gasteiger partial charge in [0.2, 0.25) is 0 Å². The van der Waals surface area contributed by atoms with Crippen molar-refractivity contribution in [1.29, 1.82) is 0 Å². The number of aliphatic imine (C=N–C) groups is 1. The van der Waals surface area contributed by atoms with E-state index in [1.807, 2.05) is 26.0 Å². The maximum atomic E-state index is 13.4. The lowest BCUT2D eigenvalue weighted by Gasteiger charge is -2.08. The average Bonchev–Trinajstić information content (AvgIpc) is 2.36. The van der Waals surface area contributed by atoms with Crippen LogP contribution in [0.25, 0.3) is 0 Å². The van der Waals surface area contributed by atoms with Gasteiger partial charge in [-0.1, -0.05) is 24.3 Å². The Morgan fingerprint density at radius 3 is 2.38 bits per heavy atom. The summed E-state index contributed by atoms with van der Waals surface area (Å²) in [7, 11) is 0. The summed E-state index contributed by atoms with van der Waals surface area (Å²) in [6.45, 7) is 4.26. The number of anilines is 1. The second-order valence-corrected chi connectivity index (χ2v) is 4.79. The quantitative estimate of drug-likeness (QED) is 0.466. The zero-order valence-corrected chi connectivity index (χ0v) is 14.4. The maximum absolute atomic E-state index is 13.4. The number of hydrogen-bond acceptors (Lipinski definition) is 1. The molecule has 0 fully saturated rings. The normalized spacial score (nSPS) is 10.9. The minimum Gasteiger partial charge on any atom is -0.370 e. The minimum absolute atomic E-state index is 0. The van der Waals surface area contributed by atoms with E-state index in [9.17, 15) is 4.39 Å². The molecule has 2 aromatic rings. The number of halogens is 2.